The summed E-state index contributed by atoms with van der Waals surface area (Å²) in [5, 5.41) is 3.80. The number of amides is 1. The second kappa shape index (κ2) is 5.02. The van der Waals surface area contributed by atoms with E-state index in [0.29, 0.717) is 35.8 Å². The van der Waals surface area contributed by atoms with E-state index < -0.39 is 0 Å². The molecule has 0 spiro atoms. The van der Waals surface area contributed by atoms with Gasteiger partial charge < -0.3 is 10.2 Å². The van der Waals surface area contributed by atoms with Crippen molar-refractivity contribution in [3.05, 3.63) is 29.0 Å². The van der Waals surface area contributed by atoms with Gasteiger partial charge in [-0.15, -0.1) is 0 Å². The highest BCUT2D eigenvalue weighted by Crippen LogP contribution is 2.17. The van der Waals surface area contributed by atoms with Crippen LogP contribution >= 0.6 is 11.6 Å². The van der Waals surface area contributed by atoms with E-state index in [4.69, 9.17) is 11.6 Å². The summed E-state index contributed by atoms with van der Waals surface area (Å²) in [5.41, 5.74) is 0.531. The van der Waals surface area contributed by atoms with Crippen LogP contribution in [-0.4, -0.2) is 41.0 Å². The van der Waals surface area contributed by atoms with Gasteiger partial charge >= 0.3 is 0 Å². The Balaban J connectivity index is 2.17. The van der Waals surface area contributed by atoms with Crippen molar-refractivity contribution in [3.63, 3.8) is 0 Å². The summed E-state index contributed by atoms with van der Waals surface area (Å²) in [6.45, 7) is 5.57. The summed E-state index contributed by atoms with van der Waals surface area (Å²) in [5.74, 6) is -0.0161. The van der Waals surface area contributed by atoms with Gasteiger partial charge in [0, 0.05) is 37.6 Å². The van der Waals surface area contributed by atoms with Gasteiger partial charge in [-0.3, -0.25) is 9.78 Å². The molecule has 92 valence electrons. The van der Waals surface area contributed by atoms with Crippen molar-refractivity contribution in [2.45, 2.75) is 25.9 Å². The van der Waals surface area contributed by atoms with Crippen molar-refractivity contribution in [2.24, 2.45) is 0 Å². The van der Waals surface area contributed by atoms with Gasteiger partial charge in [0.2, 0.25) is 0 Å². The second-order valence-corrected chi connectivity index (χ2v) is 4.94. The molecule has 2 unspecified atom stereocenters. The van der Waals surface area contributed by atoms with Crippen LogP contribution in [0.5, 0.6) is 0 Å². The maximum atomic E-state index is 12.3. The Morgan fingerprint density at radius 1 is 1.47 bits per heavy atom. The van der Waals surface area contributed by atoms with E-state index in [-0.39, 0.29) is 5.91 Å². The lowest BCUT2D eigenvalue weighted by molar-refractivity contribution is 0.0674. The van der Waals surface area contributed by atoms with Gasteiger partial charge in [-0.2, -0.15) is 0 Å². The van der Waals surface area contributed by atoms with Gasteiger partial charge in [-0.1, -0.05) is 11.6 Å². The summed E-state index contributed by atoms with van der Waals surface area (Å²) in [6, 6.07) is 2.29. The summed E-state index contributed by atoms with van der Waals surface area (Å²) in [7, 11) is 0. The number of rotatable bonds is 1. The highest BCUT2D eigenvalue weighted by Gasteiger charge is 2.26. The van der Waals surface area contributed by atoms with Crippen molar-refractivity contribution in [2.75, 3.05) is 13.1 Å². The molecule has 1 aromatic heterocycles. The Morgan fingerprint density at radius 3 is 2.71 bits per heavy atom. The Hall–Kier alpha value is -1.13. The second-order valence-electron chi connectivity index (χ2n) is 4.53. The molecule has 0 aliphatic carbocycles. The summed E-state index contributed by atoms with van der Waals surface area (Å²) < 4.78 is 0. The zero-order chi connectivity index (χ0) is 12.4. The summed E-state index contributed by atoms with van der Waals surface area (Å²) >= 11 is 5.99. The fourth-order valence-corrected chi connectivity index (χ4v) is 2.41. The first-order chi connectivity index (χ1) is 8.08. The monoisotopic (exact) mass is 253 g/mol. The first-order valence-corrected chi connectivity index (χ1v) is 6.10. The normalized spacial score (nSPS) is 24.8. The predicted octanol–water partition coefficient (Wildman–Crippen LogP) is 1.56. The molecular formula is C12H16ClN3O. The first kappa shape index (κ1) is 12.3. The van der Waals surface area contributed by atoms with Crippen molar-refractivity contribution in [1.82, 2.24) is 15.2 Å². The average molecular weight is 254 g/mol. The molecule has 2 atom stereocenters. The minimum Gasteiger partial charge on any atom is -0.335 e. The third-order valence-electron chi connectivity index (χ3n) is 2.85. The molecule has 0 bridgehead atoms. The number of piperazine rings is 1. The number of carbonyl (C=O) groups is 1. The summed E-state index contributed by atoms with van der Waals surface area (Å²) in [6.07, 6.45) is 3.10. The maximum absolute atomic E-state index is 12.3. The van der Waals surface area contributed by atoms with Gasteiger partial charge in [0.25, 0.3) is 5.91 Å². The largest absolute Gasteiger partial charge is 0.335 e. The fourth-order valence-electron chi connectivity index (χ4n) is 2.21. The Kier molecular flexibility index (Phi) is 3.64. The third-order valence-corrected chi connectivity index (χ3v) is 3.15. The number of carbonyl (C=O) groups excluding carboxylic acids is 1. The van der Waals surface area contributed by atoms with Crippen molar-refractivity contribution < 1.29 is 4.79 Å². The average Bonchev–Trinajstić information content (AvgIpc) is 2.27. The zero-order valence-corrected chi connectivity index (χ0v) is 10.7. The SMILES string of the molecule is CC1CN(C(=O)c2ccncc2Cl)CC(C)N1. The van der Waals surface area contributed by atoms with Gasteiger partial charge in [0.1, 0.15) is 0 Å². The van der Waals surface area contributed by atoms with Crippen LogP contribution < -0.4 is 5.32 Å². The van der Waals surface area contributed by atoms with E-state index in [0.717, 1.165) is 0 Å². The molecule has 1 aliphatic heterocycles. The summed E-state index contributed by atoms with van der Waals surface area (Å²) in [4.78, 5) is 18.0. The highest BCUT2D eigenvalue weighted by molar-refractivity contribution is 6.33. The number of aromatic nitrogens is 1. The van der Waals surface area contributed by atoms with E-state index in [1.54, 1.807) is 12.3 Å². The number of halogens is 1. The molecule has 5 heteroatoms. The van der Waals surface area contributed by atoms with Gasteiger partial charge in [0.15, 0.2) is 0 Å². The number of pyridine rings is 1. The van der Waals surface area contributed by atoms with Crippen LogP contribution in [0.2, 0.25) is 5.02 Å². The number of hydrogen-bond donors (Lipinski definition) is 1. The molecule has 4 nitrogen and oxygen atoms in total. The lowest BCUT2D eigenvalue weighted by Gasteiger charge is -2.36. The fraction of sp³-hybridized carbons (Fsp3) is 0.500. The number of hydrogen-bond acceptors (Lipinski definition) is 3. The van der Waals surface area contributed by atoms with E-state index in [2.05, 4.69) is 24.1 Å². The van der Waals surface area contributed by atoms with E-state index in [1.165, 1.54) is 6.20 Å². The zero-order valence-electron chi connectivity index (χ0n) is 9.98. The van der Waals surface area contributed by atoms with E-state index in [9.17, 15) is 4.79 Å². The lowest BCUT2D eigenvalue weighted by atomic mass is 10.1. The van der Waals surface area contributed by atoms with Crippen LogP contribution in [0, 0.1) is 0 Å². The molecule has 1 N–H and O–H groups in total. The van der Waals surface area contributed by atoms with E-state index >= 15 is 0 Å². The van der Waals surface area contributed by atoms with Crippen LogP contribution in [0.4, 0.5) is 0 Å². The van der Waals surface area contributed by atoms with Gasteiger partial charge in [-0.25, -0.2) is 0 Å². The third kappa shape index (κ3) is 2.76. The van der Waals surface area contributed by atoms with Crippen LogP contribution in [0.15, 0.2) is 18.5 Å². The van der Waals surface area contributed by atoms with Gasteiger partial charge in [-0.05, 0) is 19.9 Å². The molecule has 0 saturated carbocycles. The van der Waals surface area contributed by atoms with Crippen LogP contribution in [0.3, 0.4) is 0 Å². The Labute approximate surface area is 106 Å². The molecule has 1 saturated heterocycles. The number of nitrogens with one attached hydrogen (secondary N) is 1. The molecule has 1 fully saturated rings. The Bertz CT molecular complexity index is 414. The smallest absolute Gasteiger partial charge is 0.255 e. The molecular weight excluding hydrogens is 238 g/mol. The standard InChI is InChI=1S/C12H16ClN3O/c1-8-6-16(7-9(2)15-8)12(17)10-3-4-14-5-11(10)13/h3-5,8-9,15H,6-7H2,1-2H3. The van der Waals surface area contributed by atoms with Crippen LogP contribution in [0.1, 0.15) is 24.2 Å². The van der Waals surface area contributed by atoms with Crippen molar-refractivity contribution >= 4 is 17.5 Å². The van der Waals surface area contributed by atoms with Crippen molar-refractivity contribution in [3.8, 4) is 0 Å². The highest BCUT2D eigenvalue weighted by atomic mass is 35.5. The molecule has 2 heterocycles. The minimum atomic E-state index is -0.0161. The molecule has 1 amide bonds. The predicted molar refractivity (Wildman–Crippen MR) is 67.2 cm³/mol. The first-order valence-electron chi connectivity index (χ1n) is 5.72. The minimum absolute atomic E-state index is 0.0161. The molecule has 17 heavy (non-hydrogen) atoms. The molecule has 1 aromatic rings. The van der Waals surface area contributed by atoms with Crippen molar-refractivity contribution in [1.29, 1.82) is 0 Å². The molecule has 2 rings (SSSR count). The number of nitrogens with zero attached hydrogens (tertiary/aromatic N) is 2. The van der Waals surface area contributed by atoms with E-state index in [1.807, 2.05) is 4.90 Å². The topological polar surface area (TPSA) is 45.2 Å². The quantitative estimate of drug-likeness (QED) is 0.826. The van der Waals surface area contributed by atoms with Crippen LogP contribution in [0.25, 0.3) is 0 Å². The lowest BCUT2D eigenvalue weighted by Crippen LogP contribution is -2.55. The van der Waals surface area contributed by atoms with Crippen LogP contribution in [-0.2, 0) is 0 Å². The maximum Gasteiger partial charge on any atom is 0.255 e. The molecule has 0 radical (unpaired) electrons. The molecule has 0 aromatic carbocycles. The van der Waals surface area contributed by atoms with Gasteiger partial charge in [0.05, 0.1) is 10.6 Å². The Morgan fingerprint density at radius 2 is 2.12 bits per heavy atom. The molecule has 1 aliphatic rings.